The summed E-state index contributed by atoms with van der Waals surface area (Å²) in [5.74, 6) is 0. The summed E-state index contributed by atoms with van der Waals surface area (Å²) in [6, 6.07) is 4.13. The SMILES string of the molecule is CC(C)Nc1ccc(CO)nc1. The van der Waals surface area contributed by atoms with Crippen LogP contribution in [-0.4, -0.2) is 16.1 Å². The van der Waals surface area contributed by atoms with Crippen LogP contribution in [0.4, 0.5) is 5.69 Å². The highest BCUT2D eigenvalue weighted by atomic mass is 16.3. The van der Waals surface area contributed by atoms with Crippen molar-refractivity contribution in [2.24, 2.45) is 0 Å². The fourth-order valence-electron chi connectivity index (χ4n) is 0.937. The summed E-state index contributed by atoms with van der Waals surface area (Å²) in [4.78, 5) is 4.04. The molecule has 1 heterocycles. The van der Waals surface area contributed by atoms with E-state index in [1.54, 1.807) is 6.20 Å². The Labute approximate surface area is 72.5 Å². The molecule has 0 atom stereocenters. The lowest BCUT2D eigenvalue weighted by Crippen LogP contribution is -2.09. The number of hydrogen-bond donors (Lipinski definition) is 2. The average molecular weight is 166 g/mol. The predicted molar refractivity (Wildman–Crippen MR) is 48.9 cm³/mol. The van der Waals surface area contributed by atoms with Crippen LogP contribution in [0.2, 0.25) is 0 Å². The van der Waals surface area contributed by atoms with Gasteiger partial charge in [-0.1, -0.05) is 0 Å². The topological polar surface area (TPSA) is 45.1 Å². The Balaban J connectivity index is 2.65. The van der Waals surface area contributed by atoms with Gasteiger partial charge in [-0.05, 0) is 26.0 Å². The molecule has 12 heavy (non-hydrogen) atoms. The lowest BCUT2D eigenvalue weighted by molar-refractivity contribution is 0.277. The molecule has 0 unspecified atom stereocenters. The van der Waals surface area contributed by atoms with Gasteiger partial charge in [-0.2, -0.15) is 0 Å². The fraction of sp³-hybridized carbons (Fsp3) is 0.444. The van der Waals surface area contributed by atoms with Crippen molar-refractivity contribution in [3.05, 3.63) is 24.0 Å². The number of nitrogens with one attached hydrogen (secondary N) is 1. The molecule has 3 heteroatoms. The van der Waals surface area contributed by atoms with E-state index >= 15 is 0 Å². The number of aliphatic hydroxyl groups excluding tert-OH is 1. The van der Waals surface area contributed by atoms with Gasteiger partial charge in [0.2, 0.25) is 0 Å². The van der Waals surface area contributed by atoms with E-state index in [-0.39, 0.29) is 6.61 Å². The van der Waals surface area contributed by atoms with Crippen molar-refractivity contribution in [3.8, 4) is 0 Å². The highest BCUT2D eigenvalue weighted by Gasteiger charge is 1.95. The van der Waals surface area contributed by atoms with Crippen LogP contribution in [0.15, 0.2) is 18.3 Å². The molecule has 0 radical (unpaired) electrons. The molecule has 1 rings (SSSR count). The quantitative estimate of drug-likeness (QED) is 0.713. The summed E-state index contributed by atoms with van der Waals surface area (Å²) < 4.78 is 0. The number of rotatable bonds is 3. The Bertz CT molecular complexity index is 231. The number of pyridine rings is 1. The zero-order valence-electron chi connectivity index (χ0n) is 7.41. The van der Waals surface area contributed by atoms with Gasteiger partial charge in [0.05, 0.1) is 24.2 Å². The highest BCUT2D eigenvalue weighted by Crippen LogP contribution is 2.07. The lowest BCUT2D eigenvalue weighted by atomic mass is 10.3. The Hall–Kier alpha value is -1.09. The van der Waals surface area contributed by atoms with Crippen LogP contribution < -0.4 is 5.32 Å². The molecule has 66 valence electrons. The third-order valence-corrected chi connectivity index (χ3v) is 1.44. The summed E-state index contributed by atoms with van der Waals surface area (Å²) in [6.07, 6.45) is 1.73. The second-order valence-electron chi connectivity index (χ2n) is 3.00. The molecule has 0 saturated carbocycles. The van der Waals surface area contributed by atoms with Crippen molar-refractivity contribution in [2.45, 2.75) is 26.5 Å². The van der Waals surface area contributed by atoms with E-state index in [0.717, 1.165) is 5.69 Å². The van der Waals surface area contributed by atoms with Crippen LogP contribution in [0.5, 0.6) is 0 Å². The maximum absolute atomic E-state index is 8.73. The average Bonchev–Trinajstić information content (AvgIpc) is 2.05. The largest absolute Gasteiger partial charge is 0.390 e. The van der Waals surface area contributed by atoms with Gasteiger partial charge in [0.15, 0.2) is 0 Å². The molecule has 0 fully saturated rings. The molecule has 0 saturated heterocycles. The molecular formula is C9H14N2O. The van der Waals surface area contributed by atoms with Gasteiger partial charge in [0.1, 0.15) is 0 Å². The fourth-order valence-corrected chi connectivity index (χ4v) is 0.937. The number of aliphatic hydroxyl groups is 1. The third-order valence-electron chi connectivity index (χ3n) is 1.44. The maximum atomic E-state index is 8.73. The molecule has 3 nitrogen and oxygen atoms in total. The van der Waals surface area contributed by atoms with Crippen molar-refractivity contribution in [3.63, 3.8) is 0 Å². The summed E-state index contributed by atoms with van der Waals surface area (Å²) in [5.41, 5.74) is 1.69. The molecule has 2 N–H and O–H groups in total. The van der Waals surface area contributed by atoms with E-state index < -0.39 is 0 Å². The smallest absolute Gasteiger partial charge is 0.0852 e. The molecule has 0 aliphatic rings. The van der Waals surface area contributed by atoms with Gasteiger partial charge in [0.25, 0.3) is 0 Å². The monoisotopic (exact) mass is 166 g/mol. The molecule has 0 spiro atoms. The van der Waals surface area contributed by atoms with E-state index in [1.807, 2.05) is 12.1 Å². The predicted octanol–water partition coefficient (Wildman–Crippen LogP) is 1.39. The summed E-state index contributed by atoms with van der Waals surface area (Å²) in [6.45, 7) is 4.14. The molecule has 0 bridgehead atoms. The second kappa shape index (κ2) is 4.07. The van der Waals surface area contributed by atoms with Crippen LogP contribution in [0.1, 0.15) is 19.5 Å². The minimum atomic E-state index is 0.00194. The lowest BCUT2D eigenvalue weighted by Gasteiger charge is -2.08. The highest BCUT2D eigenvalue weighted by molar-refractivity contribution is 5.41. The van der Waals surface area contributed by atoms with Crippen LogP contribution in [0.3, 0.4) is 0 Å². The van der Waals surface area contributed by atoms with Crippen LogP contribution in [-0.2, 0) is 6.61 Å². The van der Waals surface area contributed by atoms with Crippen molar-refractivity contribution < 1.29 is 5.11 Å². The summed E-state index contributed by atoms with van der Waals surface area (Å²) in [7, 11) is 0. The van der Waals surface area contributed by atoms with E-state index in [9.17, 15) is 0 Å². The number of anilines is 1. The molecular weight excluding hydrogens is 152 g/mol. The molecule has 1 aromatic heterocycles. The van der Waals surface area contributed by atoms with Crippen molar-refractivity contribution in [1.82, 2.24) is 4.98 Å². The third kappa shape index (κ3) is 2.51. The van der Waals surface area contributed by atoms with E-state index in [4.69, 9.17) is 5.11 Å². The second-order valence-corrected chi connectivity index (χ2v) is 3.00. The maximum Gasteiger partial charge on any atom is 0.0852 e. The van der Waals surface area contributed by atoms with Gasteiger partial charge in [-0.25, -0.2) is 0 Å². The normalized spacial score (nSPS) is 10.3. The van der Waals surface area contributed by atoms with E-state index in [2.05, 4.69) is 24.1 Å². The van der Waals surface area contributed by atoms with Crippen molar-refractivity contribution >= 4 is 5.69 Å². The molecule has 0 amide bonds. The van der Waals surface area contributed by atoms with Gasteiger partial charge in [-0.3, -0.25) is 4.98 Å². The van der Waals surface area contributed by atoms with Gasteiger partial charge in [-0.15, -0.1) is 0 Å². The Morgan fingerprint density at radius 3 is 2.67 bits per heavy atom. The van der Waals surface area contributed by atoms with E-state index in [1.165, 1.54) is 0 Å². The molecule has 1 aromatic rings. The Kier molecular flexibility index (Phi) is 3.05. The van der Waals surface area contributed by atoms with Gasteiger partial charge in [0, 0.05) is 6.04 Å². The van der Waals surface area contributed by atoms with Crippen LogP contribution in [0, 0.1) is 0 Å². The zero-order chi connectivity index (χ0) is 8.97. The zero-order valence-corrected chi connectivity index (χ0v) is 7.41. The van der Waals surface area contributed by atoms with Gasteiger partial charge < -0.3 is 10.4 Å². The van der Waals surface area contributed by atoms with Gasteiger partial charge >= 0.3 is 0 Å². The first-order valence-corrected chi connectivity index (χ1v) is 4.04. The number of hydrogen-bond acceptors (Lipinski definition) is 3. The first-order valence-electron chi connectivity index (χ1n) is 4.04. The first kappa shape index (κ1) is 9.00. The molecule has 0 aliphatic heterocycles. The molecule has 0 aliphatic carbocycles. The minimum absolute atomic E-state index is 0.00194. The minimum Gasteiger partial charge on any atom is -0.390 e. The standard InChI is InChI=1S/C9H14N2O/c1-7(2)11-8-3-4-9(6-12)10-5-8/h3-5,7,11-12H,6H2,1-2H3. The molecule has 0 aromatic carbocycles. The summed E-state index contributed by atoms with van der Waals surface area (Å²) >= 11 is 0. The summed E-state index contributed by atoms with van der Waals surface area (Å²) in [5, 5.41) is 11.9. The number of aromatic nitrogens is 1. The van der Waals surface area contributed by atoms with Crippen LogP contribution >= 0.6 is 0 Å². The first-order chi connectivity index (χ1) is 5.72. The number of nitrogens with zero attached hydrogens (tertiary/aromatic N) is 1. The van der Waals surface area contributed by atoms with Crippen molar-refractivity contribution in [2.75, 3.05) is 5.32 Å². The van der Waals surface area contributed by atoms with E-state index in [0.29, 0.717) is 11.7 Å². The Morgan fingerprint density at radius 2 is 2.25 bits per heavy atom. The van der Waals surface area contributed by atoms with Crippen molar-refractivity contribution in [1.29, 1.82) is 0 Å². The van der Waals surface area contributed by atoms with Crippen LogP contribution in [0.25, 0.3) is 0 Å². The Morgan fingerprint density at radius 1 is 1.50 bits per heavy atom.